The molecule has 0 radical (unpaired) electrons. The number of hydrogen-bond donors (Lipinski definition) is 2. The molecule has 1 aromatic carbocycles. The zero-order valence-corrected chi connectivity index (χ0v) is 12.7. The summed E-state index contributed by atoms with van der Waals surface area (Å²) >= 11 is 0. The number of carbonyl (C=O) groups excluding carboxylic acids is 3. The molecule has 2 amide bonds. The Morgan fingerprint density at radius 2 is 1.92 bits per heavy atom. The first-order valence-electron chi connectivity index (χ1n) is 7.12. The molecule has 2 aromatic rings. The highest BCUT2D eigenvalue weighted by Gasteiger charge is 2.25. The number of ether oxygens (including phenoxy) is 1. The number of amides is 2. The quantitative estimate of drug-likeness (QED) is 0.699. The molecule has 0 saturated carbocycles. The van der Waals surface area contributed by atoms with Crippen molar-refractivity contribution in [1.82, 2.24) is 15.3 Å². The van der Waals surface area contributed by atoms with Crippen LogP contribution < -0.4 is 11.1 Å². The number of esters is 1. The van der Waals surface area contributed by atoms with Crippen molar-refractivity contribution < 1.29 is 19.1 Å². The van der Waals surface area contributed by atoms with Gasteiger partial charge in [-0.2, -0.15) is 0 Å². The minimum absolute atomic E-state index is 0.0165. The Morgan fingerprint density at radius 3 is 2.54 bits per heavy atom. The lowest BCUT2D eigenvalue weighted by Gasteiger charge is -2.16. The molecule has 0 fully saturated rings. The lowest BCUT2D eigenvalue weighted by molar-refractivity contribution is -0.148. The molecule has 124 valence electrons. The molecule has 0 spiro atoms. The molecule has 1 atom stereocenters. The van der Waals surface area contributed by atoms with Crippen LogP contribution in [0.5, 0.6) is 0 Å². The molecule has 1 heterocycles. The van der Waals surface area contributed by atoms with Gasteiger partial charge in [-0.05, 0) is 5.56 Å². The zero-order chi connectivity index (χ0) is 17.4. The molecule has 1 aromatic heterocycles. The Bertz CT molecular complexity index is 707. The van der Waals surface area contributed by atoms with E-state index in [1.54, 1.807) is 24.3 Å². The first kappa shape index (κ1) is 17.1. The number of benzene rings is 1. The van der Waals surface area contributed by atoms with Gasteiger partial charge in [-0.25, -0.2) is 9.78 Å². The van der Waals surface area contributed by atoms with Crippen molar-refractivity contribution in [3.05, 3.63) is 60.2 Å². The number of hydrogen-bond acceptors (Lipinski definition) is 6. The first-order chi connectivity index (χ1) is 11.6. The van der Waals surface area contributed by atoms with Crippen molar-refractivity contribution in [2.45, 2.75) is 19.1 Å². The van der Waals surface area contributed by atoms with Gasteiger partial charge in [0, 0.05) is 12.4 Å². The summed E-state index contributed by atoms with van der Waals surface area (Å²) in [4.78, 5) is 42.9. The van der Waals surface area contributed by atoms with Gasteiger partial charge < -0.3 is 15.8 Å². The van der Waals surface area contributed by atoms with Crippen molar-refractivity contribution in [1.29, 1.82) is 0 Å². The highest BCUT2D eigenvalue weighted by atomic mass is 16.5. The van der Waals surface area contributed by atoms with Crippen LogP contribution in [-0.2, 0) is 20.9 Å². The van der Waals surface area contributed by atoms with Crippen LogP contribution >= 0.6 is 0 Å². The molecular formula is C16H16N4O4. The van der Waals surface area contributed by atoms with Crippen molar-refractivity contribution in [3.8, 4) is 0 Å². The maximum absolute atomic E-state index is 12.1. The summed E-state index contributed by atoms with van der Waals surface area (Å²) in [6.45, 7) is 0.0238. The van der Waals surface area contributed by atoms with Crippen LogP contribution in [-0.4, -0.2) is 33.8 Å². The van der Waals surface area contributed by atoms with Crippen LogP contribution in [0.2, 0.25) is 0 Å². The van der Waals surface area contributed by atoms with Gasteiger partial charge in [0.25, 0.3) is 5.91 Å². The monoisotopic (exact) mass is 328 g/mol. The van der Waals surface area contributed by atoms with Gasteiger partial charge in [-0.1, -0.05) is 30.3 Å². The van der Waals surface area contributed by atoms with Crippen molar-refractivity contribution in [2.75, 3.05) is 0 Å². The molecule has 8 nitrogen and oxygen atoms in total. The van der Waals surface area contributed by atoms with Gasteiger partial charge in [-0.3, -0.25) is 14.6 Å². The van der Waals surface area contributed by atoms with E-state index in [0.717, 1.165) is 5.56 Å². The smallest absolute Gasteiger partial charge is 0.329 e. The normalized spacial score (nSPS) is 11.3. The second-order valence-corrected chi connectivity index (χ2v) is 4.88. The van der Waals surface area contributed by atoms with Crippen LogP contribution in [0.25, 0.3) is 0 Å². The van der Waals surface area contributed by atoms with E-state index in [1.165, 1.54) is 18.6 Å². The topological polar surface area (TPSA) is 124 Å². The lowest BCUT2D eigenvalue weighted by Crippen LogP contribution is -2.44. The van der Waals surface area contributed by atoms with E-state index < -0.39 is 23.8 Å². The van der Waals surface area contributed by atoms with Gasteiger partial charge in [0.05, 0.1) is 12.6 Å². The maximum atomic E-state index is 12.1. The molecular weight excluding hydrogens is 312 g/mol. The van der Waals surface area contributed by atoms with E-state index in [0.29, 0.717) is 0 Å². The molecule has 8 heteroatoms. The number of carbonyl (C=O) groups is 3. The van der Waals surface area contributed by atoms with Gasteiger partial charge in [-0.15, -0.1) is 0 Å². The second-order valence-electron chi connectivity index (χ2n) is 4.88. The highest BCUT2D eigenvalue weighted by molar-refractivity contribution is 5.96. The Balaban J connectivity index is 2.00. The minimum Gasteiger partial charge on any atom is -0.459 e. The Morgan fingerprint density at radius 1 is 1.17 bits per heavy atom. The van der Waals surface area contributed by atoms with Gasteiger partial charge in [0.15, 0.2) is 0 Å². The molecule has 2 rings (SSSR count). The standard InChI is InChI=1S/C16H16N4O4/c17-14(21)8-12(20-15(22)13-9-18-6-7-19-13)16(23)24-10-11-4-2-1-3-5-11/h1-7,9,12H,8,10H2,(H2,17,21)(H,20,22)/t12-/m1/s1. The number of nitrogens with one attached hydrogen (secondary N) is 1. The fraction of sp³-hybridized carbons (Fsp3) is 0.188. The third-order valence-electron chi connectivity index (χ3n) is 3.01. The lowest BCUT2D eigenvalue weighted by atomic mass is 10.2. The average molecular weight is 328 g/mol. The molecule has 0 saturated heterocycles. The number of nitrogens with zero attached hydrogens (tertiary/aromatic N) is 2. The van der Waals surface area contributed by atoms with E-state index in [4.69, 9.17) is 10.5 Å². The number of rotatable bonds is 7. The largest absolute Gasteiger partial charge is 0.459 e. The summed E-state index contributed by atoms with van der Waals surface area (Å²) in [6, 6.07) is 7.83. The average Bonchev–Trinajstić information content (AvgIpc) is 2.60. The predicted molar refractivity (Wildman–Crippen MR) is 83.3 cm³/mol. The summed E-state index contributed by atoms with van der Waals surface area (Å²) in [5, 5.41) is 2.38. The van der Waals surface area contributed by atoms with Crippen LogP contribution in [0.3, 0.4) is 0 Å². The molecule has 0 aliphatic carbocycles. The Labute approximate surface area is 138 Å². The molecule has 0 unspecified atom stereocenters. The fourth-order valence-corrected chi connectivity index (χ4v) is 1.87. The summed E-state index contributed by atoms with van der Waals surface area (Å²) in [5.41, 5.74) is 5.92. The molecule has 3 N–H and O–H groups in total. The highest BCUT2D eigenvalue weighted by Crippen LogP contribution is 2.04. The van der Waals surface area contributed by atoms with E-state index in [2.05, 4.69) is 15.3 Å². The van der Waals surface area contributed by atoms with Crippen LogP contribution in [0.4, 0.5) is 0 Å². The summed E-state index contributed by atoms with van der Waals surface area (Å²) in [6.07, 6.45) is 3.61. The van der Waals surface area contributed by atoms with Crippen molar-refractivity contribution in [3.63, 3.8) is 0 Å². The van der Waals surface area contributed by atoms with E-state index in [9.17, 15) is 14.4 Å². The maximum Gasteiger partial charge on any atom is 0.329 e. The molecule has 0 aliphatic heterocycles. The number of nitrogens with two attached hydrogens (primary N) is 1. The Kier molecular flexibility index (Phi) is 5.95. The summed E-state index contributed by atoms with van der Waals surface area (Å²) < 4.78 is 5.13. The predicted octanol–water partition coefficient (Wildman–Crippen LogP) is 0.194. The van der Waals surface area contributed by atoms with Gasteiger partial charge in [0.2, 0.25) is 5.91 Å². The minimum atomic E-state index is -1.19. The summed E-state index contributed by atoms with van der Waals surface area (Å²) in [7, 11) is 0. The van der Waals surface area contributed by atoms with E-state index in [1.807, 2.05) is 6.07 Å². The number of aromatic nitrogens is 2. The fourth-order valence-electron chi connectivity index (χ4n) is 1.87. The van der Waals surface area contributed by atoms with Gasteiger partial charge >= 0.3 is 5.97 Å². The third-order valence-corrected chi connectivity index (χ3v) is 3.01. The van der Waals surface area contributed by atoms with Gasteiger partial charge in [0.1, 0.15) is 18.3 Å². The SMILES string of the molecule is NC(=O)C[C@@H](NC(=O)c1cnccn1)C(=O)OCc1ccccc1. The summed E-state index contributed by atoms with van der Waals surface area (Å²) in [5.74, 6) is -2.14. The second kappa shape index (κ2) is 8.37. The van der Waals surface area contributed by atoms with E-state index >= 15 is 0 Å². The van der Waals surface area contributed by atoms with Crippen LogP contribution in [0, 0.1) is 0 Å². The molecule has 0 bridgehead atoms. The first-order valence-corrected chi connectivity index (χ1v) is 7.12. The van der Waals surface area contributed by atoms with Crippen molar-refractivity contribution in [2.24, 2.45) is 5.73 Å². The van der Waals surface area contributed by atoms with Crippen LogP contribution in [0.1, 0.15) is 22.5 Å². The third kappa shape index (κ3) is 5.16. The van der Waals surface area contributed by atoms with Crippen molar-refractivity contribution >= 4 is 17.8 Å². The molecule has 0 aliphatic rings. The Hall–Kier alpha value is -3.29. The zero-order valence-electron chi connectivity index (χ0n) is 12.7. The molecule has 24 heavy (non-hydrogen) atoms. The van der Waals surface area contributed by atoms with E-state index in [-0.39, 0.29) is 18.7 Å². The number of primary amides is 1. The van der Waals surface area contributed by atoms with Crippen LogP contribution in [0.15, 0.2) is 48.9 Å².